The van der Waals surface area contributed by atoms with Gasteiger partial charge in [-0.2, -0.15) is 9.19 Å². The van der Waals surface area contributed by atoms with Crippen LogP contribution in [0.1, 0.15) is 22.6 Å². The van der Waals surface area contributed by atoms with Crippen molar-refractivity contribution in [1.29, 1.82) is 0 Å². The lowest BCUT2D eigenvalue weighted by Crippen LogP contribution is -2.33. The van der Waals surface area contributed by atoms with Crippen LogP contribution in [0.15, 0.2) is 24.5 Å². The van der Waals surface area contributed by atoms with Gasteiger partial charge in [-0.1, -0.05) is 0 Å². The summed E-state index contributed by atoms with van der Waals surface area (Å²) in [6.45, 7) is 3.47. The third-order valence-corrected chi connectivity index (χ3v) is 6.53. The predicted molar refractivity (Wildman–Crippen MR) is 118 cm³/mol. The Labute approximate surface area is 192 Å². The van der Waals surface area contributed by atoms with Crippen LogP contribution in [-0.4, -0.2) is 75.3 Å². The lowest BCUT2D eigenvalue weighted by molar-refractivity contribution is 0.0735. The summed E-state index contributed by atoms with van der Waals surface area (Å²) in [6, 6.07) is 2.08. The van der Waals surface area contributed by atoms with Gasteiger partial charge in [-0.3, -0.25) is 9.20 Å². The average Bonchev–Trinajstić information content (AvgIpc) is 3.25. The number of aryl methyl sites for hydroxylation is 1. The lowest BCUT2D eigenvalue weighted by Gasteiger charge is -2.19. The molecule has 0 bridgehead atoms. The van der Waals surface area contributed by atoms with E-state index in [1.165, 1.54) is 12.3 Å². The standard InChI is InChI=1S/C21H20F2N6O4S/c1-12-18-16(9-15(25-12)21(30)27-4-3-6-33-7-5-27)29(34(2,31)32)26-19(18)17-10-24-20-14(23)8-13(22)11-28(17)20/h8-11H,3-7H2,1-2H3. The second-order valence-corrected chi connectivity index (χ2v) is 9.85. The Balaban J connectivity index is 1.74. The zero-order valence-electron chi connectivity index (χ0n) is 18.3. The summed E-state index contributed by atoms with van der Waals surface area (Å²) in [6.07, 6.45) is 3.97. The van der Waals surface area contributed by atoms with Crippen LogP contribution in [0.5, 0.6) is 0 Å². The number of carbonyl (C=O) groups excluding carboxylic acids is 1. The Bertz CT molecular complexity index is 1550. The Morgan fingerprint density at radius 3 is 2.74 bits per heavy atom. The molecule has 0 saturated carbocycles. The van der Waals surface area contributed by atoms with Gasteiger partial charge >= 0.3 is 0 Å². The lowest BCUT2D eigenvalue weighted by atomic mass is 10.1. The number of aromatic nitrogens is 5. The molecule has 1 saturated heterocycles. The molecule has 1 aliphatic rings. The maximum absolute atomic E-state index is 14.2. The fourth-order valence-corrected chi connectivity index (χ4v) is 4.87. The smallest absolute Gasteiger partial charge is 0.272 e. The van der Waals surface area contributed by atoms with E-state index in [1.807, 2.05) is 0 Å². The molecular weight excluding hydrogens is 470 g/mol. The third-order valence-electron chi connectivity index (χ3n) is 5.63. The largest absolute Gasteiger partial charge is 0.380 e. The van der Waals surface area contributed by atoms with Crippen molar-refractivity contribution < 1.29 is 26.7 Å². The van der Waals surface area contributed by atoms with Crippen LogP contribution in [0.3, 0.4) is 0 Å². The molecule has 0 aromatic carbocycles. The first-order valence-electron chi connectivity index (χ1n) is 10.5. The molecule has 34 heavy (non-hydrogen) atoms. The number of amides is 1. The molecule has 5 heterocycles. The van der Waals surface area contributed by atoms with E-state index in [0.717, 1.165) is 20.9 Å². The first-order chi connectivity index (χ1) is 16.1. The van der Waals surface area contributed by atoms with Gasteiger partial charge in [0, 0.05) is 37.7 Å². The second-order valence-electron chi connectivity index (χ2n) is 8.04. The highest BCUT2D eigenvalue weighted by Gasteiger charge is 2.26. The molecule has 4 aromatic heterocycles. The summed E-state index contributed by atoms with van der Waals surface area (Å²) in [5.41, 5.74) is 0.687. The summed E-state index contributed by atoms with van der Waals surface area (Å²) in [5, 5.41) is 4.57. The number of hydrogen-bond acceptors (Lipinski definition) is 7. The molecular formula is C21H20F2N6O4S. The minimum Gasteiger partial charge on any atom is -0.380 e. The van der Waals surface area contributed by atoms with Gasteiger partial charge in [0.1, 0.15) is 17.2 Å². The molecule has 0 aliphatic carbocycles. The van der Waals surface area contributed by atoms with Crippen molar-refractivity contribution in [3.05, 3.63) is 47.5 Å². The number of carbonyl (C=O) groups is 1. The molecule has 4 aromatic rings. The highest BCUT2D eigenvalue weighted by Crippen LogP contribution is 2.32. The third kappa shape index (κ3) is 3.70. The average molecular weight is 490 g/mol. The van der Waals surface area contributed by atoms with E-state index in [0.29, 0.717) is 49.9 Å². The first-order valence-corrected chi connectivity index (χ1v) is 12.3. The van der Waals surface area contributed by atoms with E-state index < -0.39 is 21.7 Å². The molecule has 1 aliphatic heterocycles. The minimum absolute atomic E-state index is 0.0680. The zero-order valence-corrected chi connectivity index (χ0v) is 19.1. The number of nitrogens with zero attached hydrogens (tertiary/aromatic N) is 6. The summed E-state index contributed by atoms with van der Waals surface area (Å²) in [7, 11) is -3.90. The number of ether oxygens (including phenoxy) is 1. The SMILES string of the molecule is Cc1nc(C(=O)N2CCCOCC2)cc2c1c(-c1cnc3c(F)cc(F)cn13)nn2S(C)(=O)=O. The van der Waals surface area contributed by atoms with E-state index in [9.17, 15) is 22.0 Å². The van der Waals surface area contributed by atoms with E-state index in [2.05, 4.69) is 15.1 Å². The Hall–Kier alpha value is -3.45. The Morgan fingerprint density at radius 2 is 1.97 bits per heavy atom. The molecule has 10 nitrogen and oxygen atoms in total. The van der Waals surface area contributed by atoms with E-state index >= 15 is 0 Å². The molecule has 1 amide bonds. The maximum Gasteiger partial charge on any atom is 0.272 e. The van der Waals surface area contributed by atoms with Gasteiger partial charge in [-0.05, 0) is 19.4 Å². The highest BCUT2D eigenvalue weighted by molar-refractivity contribution is 7.89. The Morgan fingerprint density at radius 1 is 1.18 bits per heavy atom. The number of pyridine rings is 2. The number of fused-ring (bicyclic) bond motifs is 2. The van der Waals surface area contributed by atoms with Crippen molar-refractivity contribution in [3.8, 4) is 11.4 Å². The quantitative estimate of drug-likeness (QED) is 0.432. The van der Waals surface area contributed by atoms with Crippen molar-refractivity contribution >= 4 is 32.5 Å². The molecule has 5 rings (SSSR count). The van der Waals surface area contributed by atoms with Gasteiger partial charge in [0.25, 0.3) is 15.9 Å². The molecule has 0 spiro atoms. The van der Waals surface area contributed by atoms with Crippen LogP contribution in [0, 0.1) is 18.6 Å². The van der Waals surface area contributed by atoms with Crippen LogP contribution in [-0.2, 0) is 14.8 Å². The van der Waals surface area contributed by atoms with E-state index in [4.69, 9.17) is 4.74 Å². The summed E-state index contributed by atoms with van der Waals surface area (Å²) in [4.78, 5) is 23.2. The molecule has 13 heteroatoms. The molecule has 1 fully saturated rings. The van der Waals surface area contributed by atoms with Crippen LogP contribution in [0.4, 0.5) is 8.78 Å². The van der Waals surface area contributed by atoms with Crippen LogP contribution in [0.25, 0.3) is 27.9 Å². The van der Waals surface area contributed by atoms with Crippen molar-refractivity contribution in [2.45, 2.75) is 13.3 Å². The summed E-state index contributed by atoms with van der Waals surface area (Å²) < 4.78 is 60.6. The molecule has 0 radical (unpaired) electrons. The highest BCUT2D eigenvalue weighted by atomic mass is 32.2. The van der Waals surface area contributed by atoms with Crippen LogP contribution in [0.2, 0.25) is 0 Å². The fourth-order valence-electron chi connectivity index (χ4n) is 4.14. The van der Waals surface area contributed by atoms with Crippen LogP contribution < -0.4 is 0 Å². The Kier molecular flexibility index (Phi) is 5.32. The predicted octanol–water partition coefficient (Wildman–Crippen LogP) is 2.00. The zero-order chi connectivity index (χ0) is 24.2. The van der Waals surface area contributed by atoms with Gasteiger partial charge in [-0.25, -0.2) is 27.2 Å². The second kappa shape index (κ2) is 8.09. The molecule has 0 N–H and O–H groups in total. The fraction of sp³-hybridized carbons (Fsp3) is 0.333. The normalized spacial score (nSPS) is 15.2. The van der Waals surface area contributed by atoms with Crippen molar-refractivity contribution in [2.24, 2.45) is 0 Å². The van der Waals surface area contributed by atoms with Gasteiger partial charge in [0.05, 0.1) is 35.7 Å². The topological polar surface area (TPSA) is 112 Å². The van der Waals surface area contributed by atoms with Gasteiger partial charge in [0.15, 0.2) is 11.5 Å². The summed E-state index contributed by atoms with van der Waals surface area (Å²) >= 11 is 0. The minimum atomic E-state index is -3.90. The number of hydrogen-bond donors (Lipinski definition) is 0. The van der Waals surface area contributed by atoms with E-state index in [1.54, 1.807) is 11.8 Å². The van der Waals surface area contributed by atoms with Crippen LogP contribution >= 0.6 is 0 Å². The van der Waals surface area contributed by atoms with Gasteiger partial charge in [0.2, 0.25) is 0 Å². The number of imidazole rings is 1. The van der Waals surface area contributed by atoms with Crippen molar-refractivity contribution in [2.75, 3.05) is 32.6 Å². The monoisotopic (exact) mass is 490 g/mol. The summed E-state index contributed by atoms with van der Waals surface area (Å²) in [5.74, 6) is -2.06. The van der Waals surface area contributed by atoms with Gasteiger partial charge < -0.3 is 9.64 Å². The van der Waals surface area contributed by atoms with Gasteiger partial charge in [-0.15, -0.1) is 0 Å². The molecule has 0 atom stereocenters. The number of halogens is 2. The van der Waals surface area contributed by atoms with Crippen molar-refractivity contribution in [3.63, 3.8) is 0 Å². The van der Waals surface area contributed by atoms with Crippen molar-refractivity contribution in [1.82, 2.24) is 28.5 Å². The van der Waals surface area contributed by atoms with E-state index in [-0.39, 0.29) is 34.2 Å². The molecule has 178 valence electrons. The number of rotatable bonds is 3. The molecule has 0 unspecified atom stereocenters. The maximum atomic E-state index is 14.2. The first kappa shape index (κ1) is 22.3.